The van der Waals surface area contributed by atoms with Gasteiger partial charge in [-0.25, -0.2) is 0 Å². The molecule has 0 radical (unpaired) electrons. The minimum atomic E-state index is -1.41. The second-order valence-corrected chi connectivity index (χ2v) is 8.89. The van der Waals surface area contributed by atoms with Crippen molar-refractivity contribution in [2.45, 2.75) is 37.1 Å². The van der Waals surface area contributed by atoms with Crippen LogP contribution in [-0.2, 0) is 11.2 Å². The second kappa shape index (κ2) is 7.77. The zero-order valence-corrected chi connectivity index (χ0v) is 16.9. The van der Waals surface area contributed by atoms with Crippen molar-refractivity contribution >= 4 is 32.3 Å². The van der Waals surface area contributed by atoms with Crippen LogP contribution in [0.1, 0.15) is 16.7 Å². The third kappa shape index (κ3) is 3.24. The number of aromatic nitrogens is 1. The van der Waals surface area contributed by atoms with Gasteiger partial charge in [-0.15, -0.1) is 11.3 Å². The number of aliphatic hydroxyl groups excluding tert-OH is 4. The fraction of sp³-hybridized carbons (Fsp3) is 0.304. The SMILES string of the molecule is OC[C@H]1O[C@@H](n2cc(Cc3cc4ccccc4s3)c3ccccc32)[C@H](O)[C@@H](O)[C@@H]1O. The Morgan fingerprint density at radius 2 is 1.70 bits per heavy atom. The highest BCUT2D eigenvalue weighted by Gasteiger charge is 2.44. The molecule has 156 valence electrons. The molecule has 1 aliphatic heterocycles. The normalized spacial score (nSPS) is 27.1. The van der Waals surface area contributed by atoms with Crippen LogP contribution in [0.15, 0.2) is 60.8 Å². The number of rotatable bonds is 4. The Labute approximate surface area is 177 Å². The van der Waals surface area contributed by atoms with Crippen molar-refractivity contribution in [2.24, 2.45) is 0 Å². The van der Waals surface area contributed by atoms with Gasteiger partial charge in [0.15, 0.2) is 6.23 Å². The lowest BCUT2D eigenvalue weighted by Gasteiger charge is -2.40. The molecule has 0 aliphatic carbocycles. The Bertz CT molecular complexity index is 1150. The lowest BCUT2D eigenvalue weighted by Crippen LogP contribution is -2.56. The molecule has 7 heteroatoms. The van der Waals surface area contributed by atoms with Crippen LogP contribution in [0, 0.1) is 0 Å². The van der Waals surface area contributed by atoms with Gasteiger partial charge in [0.05, 0.1) is 12.1 Å². The minimum Gasteiger partial charge on any atom is -0.394 e. The summed E-state index contributed by atoms with van der Waals surface area (Å²) in [4.78, 5) is 1.23. The highest BCUT2D eigenvalue weighted by molar-refractivity contribution is 7.19. The van der Waals surface area contributed by atoms with Gasteiger partial charge >= 0.3 is 0 Å². The molecule has 0 bridgehead atoms. The highest BCUT2D eigenvalue weighted by Crippen LogP contribution is 2.35. The van der Waals surface area contributed by atoms with Gasteiger partial charge in [-0.05, 0) is 29.1 Å². The van der Waals surface area contributed by atoms with Crippen LogP contribution in [0.5, 0.6) is 0 Å². The zero-order valence-electron chi connectivity index (χ0n) is 16.1. The number of para-hydroxylation sites is 1. The third-order valence-electron chi connectivity index (χ3n) is 5.81. The molecule has 30 heavy (non-hydrogen) atoms. The van der Waals surface area contributed by atoms with E-state index in [0.717, 1.165) is 22.9 Å². The van der Waals surface area contributed by atoms with Crippen LogP contribution in [0.3, 0.4) is 0 Å². The van der Waals surface area contributed by atoms with Crippen LogP contribution in [0.2, 0.25) is 0 Å². The van der Waals surface area contributed by atoms with Crippen molar-refractivity contribution in [1.29, 1.82) is 0 Å². The summed E-state index contributed by atoms with van der Waals surface area (Å²) in [7, 11) is 0. The number of aliphatic hydroxyl groups is 4. The topological polar surface area (TPSA) is 95.1 Å². The van der Waals surface area contributed by atoms with Crippen LogP contribution >= 0.6 is 11.3 Å². The lowest BCUT2D eigenvalue weighted by atomic mass is 9.98. The summed E-state index contributed by atoms with van der Waals surface area (Å²) in [6.45, 7) is -0.449. The molecular formula is C23H23NO5S. The number of fused-ring (bicyclic) bond motifs is 2. The quantitative estimate of drug-likeness (QED) is 0.403. The number of hydrogen-bond acceptors (Lipinski definition) is 6. The molecule has 6 nitrogen and oxygen atoms in total. The van der Waals surface area contributed by atoms with E-state index in [4.69, 9.17) is 4.74 Å². The summed E-state index contributed by atoms with van der Waals surface area (Å²) in [6.07, 6.45) is -3.31. The summed E-state index contributed by atoms with van der Waals surface area (Å²) in [5.74, 6) is 0. The number of benzene rings is 2. The van der Waals surface area contributed by atoms with Crippen LogP contribution < -0.4 is 0 Å². The van der Waals surface area contributed by atoms with Crippen LogP contribution in [-0.4, -0.2) is 56.0 Å². The van der Waals surface area contributed by atoms with Gasteiger partial charge in [0.2, 0.25) is 0 Å². The molecule has 0 spiro atoms. The first-order chi connectivity index (χ1) is 14.6. The van der Waals surface area contributed by atoms with Crippen molar-refractivity contribution in [2.75, 3.05) is 6.61 Å². The number of nitrogens with zero attached hydrogens (tertiary/aromatic N) is 1. The van der Waals surface area contributed by atoms with Crippen molar-refractivity contribution in [3.05, 3.63) is 71.2 Å². The molecule has 1 saturated heterocycles. The van der Waals surface area contributed by atoms with E-state index in [-0.39, 0.29) is 0 Å². The second-order valence-electron chi connectivity index (χ2n) is 7.73. The molecule has 0 amide bonds. The van der Waals surface area contributed by atoms with Gasteiger partial charge in [-0.3, -0.25) is 0 Å². The van der Waals surface area contributed by atoms with Crippen molar-refractivity contribution < 1.29 is 25.2 Å². The highest BCUT2D eigenvalue weighted by atomic mass is 32.1. The van der Waals surface area contributed by atoms with Gasteiger partial charge in [-0.1, -0.05) is 36.4 Å². The molecule has 0 saturated carbocycles. The molecule has 0 unspecified atom stereocenters. The molecule has 2 aromatic carbocycles. The van der Waals surface area contributed by atoms with E-state index in [0.29, 0.717) is 0 Å². The molecule has 1 aliphatic rings. The molecular weight excluding hydrogens is 402 g/mol. The first kappa shape index (κ1) is 19.7. The summed E-state index contributed by atoms with van der Waals surface area (Å²) < 4.78 is 8.82. The predicted octanol–water partition coefficient (Wildman–Crippen LogP) is 2.42. The Morgan fingerprint density at radius 3 is 2.50 bits per heavy atom. The first-order valence-corrected chi connectivity index (χ1v) is 10.7. The van der Waals surface area contributed by atoms with Crippen LogP contribution in [0.25, 0.3) is 21.0 Å². The van der Waals surface area contributed by atoms with Crippen molar-refractivity contribution in [3.63, 3.8) is 0 Å². The van der Waals surface area contributed by atoms with Gasteiger partial charge < -0.3 is 29.7 Å². The molecule has 5 rings (SSSR count). The van der Waals surface area contributed by atoms with E-state index in [9.17, 15) is 20.4 Å². The maximum Gasteiger partial charge on any atom is 0.163 e. The van der Waals surface area contributed by atoms with E-state index in [1.54, 1.807) is 15.9 Å². The summed E-state index contributed by atoms with van der Waals surface area (Å²) in [5, 5.41) is 42.7. The average molecular weight is 426 g/mol. The standard InChI is InChI=1S/C23H23NO5S/c25-12-18-20(26)21(27)22(28)23(29-18)24-11-14(16-6-2-3-7-17(16)24)10-15-9-13-5-1-4-8-19(13)30-15/h1-9,11,18,20-23,25-28H,10,12H2/t18-,20-,21+,22-,23-/m1/s1. The molecule has 5 atom stereocenters. The minimum absolute atomic E-state index is 0.449. The van der Waals surface area contributed by atoms with E-state index < -0.39 is 37.3 Å². The van der Waals surface area contributed by atoms with Gasteiger partial charge in [0.1, 0.15) is 24.4 Å². The molecule has 1 fully saturated rings. The van der Waals surface area contributed by atoms with Gasteiger partial charge in [0, 0.05) is 27.6 Å². The smallest absolute Gasteiger partial charge is 0.163 e. The Hall–Kier alpha value is -2.26. The van der Waals surface area contributed by atoms with Crippen molar-refractivity contribution in [3.8, 4) is 0 Å². The Balaban J connectivity index is 1.55. The first-order valence-electron chi connectivity index (χ1n) is 9.93. The third-order valence-corrected chi connectivity index (χ3v) is 6.92. The summed E-state index contributed by atoms with van der Waals surface area (Å²) >= 11 is 1.75. The van der Waals surface area contributed by atoms with E-state index in [1.165, 1.54) is 15.0 Å². The zero-order chi connectivity index (χ0) is 20.8. The molecule has 3 heterocycles. The summed E-state index contributed by atoms with van der Waals surface area (Å²) in [5.41, 5.74) is 1.94. The van der Waals surface area contributed by atoms with Crippen molar-refractivity contribution in [1.82, 2.24) is 4.57 Å². The predicted molar refractivity (Wildman–Crippen MR) is 116 cm³/mol. The summed E-state index contributed by atoms with van der Waals surface area (Å²) in [6, 6.07) is 18.3. The largest absolute Gasteiger partial charge is 0.394 e. The van der Waals surface area contributed by atoms with Gasteiger partial charge in [-0.2, -0.15) is 0 Å². The average Bonchev–Trinajstić information content (AvgIpc) is 3.34. The Morgan fingerprint density at radius 1 is 0.933 bits per heavy atom. The van der Waals surface area contributed by atoms with E-state index in [1.807, 2.05) is 42.6 Å². The lowest BCUT2D eigenvalue weighted by molar-refractivity contribution is -0.250. The number of hydrogen-bond donors (Lipinski definition) is 4. The van der Waals surface area contributed by atoms with E-state index in [2.05, 4.69) is 18.2 Å². The Kier molecular flexibility index (Phi) is 5.10. The fourth-order valence-corrected chi connectivity index (χ4v) is 5.34. The van der Waals surface area contributed by atoms with Crippen LogP contribution in [0.4, 0.5) is 0 Å². The number of ether oxygens (including phenoxy) is 1. The van der Waals surface area contributed by atoms with E-state index >= 15 is 0 Å². The molecule has 2 aromatic heterocycles. The molecule has 4 N–H and O–H groups in total. The maximum absolute atomic E-state index is 10.6. The van der Waals surface area contributed by atoms with Gasteiger partial charge in [0.25, 0.3) is 0 Å². The maximum atomic E-state index is 10.6. The number of thiophene rings is 1. The monoisotopic (exact) mass is 425 g/mol. The molecule has 4 aromatic rings. The fourth-order valence-electron chi connectivity index (χ4n) is 4.25.